The minimum absolute atomic E-state index is 0.0502. The fourth-order valence-electron chi connectivity index (χ4n) is 8.32. The predicted molar refractivity (Wildman–Crippen MR) is 298 cm³/mol. The van der Waals surface area contributed by atoms with Crippen LogP contribution in [0, 0.1) is 0 Å². The molecular formula is C54H76N10O12S2. The number of nitrogens with one attached hydrogen (secondary N) is 9. The molecule has 3 aromatic carbocycles. The second kappa shape index (κ2) is 30.8. The van der Waals surface area contributed by atoms with Crippen molar-refractivity contribution in [1.29, 1.82) is 0 Å². The maximum absolute atomic E-state index is 14.9. The van der Waals surface area contributed by atoms with Crippen LogP contribution in [-0.2, 0) is 52.8 Å². The summed E-state index contributed by atoms with van der Waals surface area (Å²) >= 11 is 0. The first-order valence-corrected chi connectivity index (χ1v) is 28.4. The summed E-state index contributed by atoms with van der Waals surface area (Å²) in [6.45, 7) is 7.21. The molecule has 15 N–H and O–H groups in total. The van der Waals surface area contributed by atoms with Crippen LogP contribution in [0.5, 0.6) is 0 Å². The molecule has 24 heteroatoms. The zero-order chi connectivity index (χ0) is 56.9. The summed E-state index contributed by atoms with van der Waals surface area (Å²) in [6.07, 6.45) is -2.70. The Kier molecular flexibility index (Phi) is 24.7. The maximum Gasteiger partial charge on any atom is 0.407 e. The summed E-state index contributed by atoms with van der Waals surface area (Å²) in [5, 5.41) is 65.2. The van der Waals surface area contributed by atoms with E-state index in [1.165, 1.54) is 13.8 Å². The van der Waals surface area contributed by atoms with E-state index >= 15 is 0 Å². The van der Waals surface area contributed by atoms with Crippen LogP contribution in [0.4, 0.5) is 4.79 Å². The quantitative estimate of drug-likeness (QED) is 0.0346. The van der Waals surface area contributed by atoms with Gasteiger partial charge in [0.25, 0.3) is 0 Å². The van der Waals surface area contributed by atoms with Gasteiger partial charge in [-0.05, 0) is 83.1 Å². The van der Waals surface area contributed by atoms with Crippen LogP contribution >= 0.6 is 21.6 Å². The number of ether oxygens (including phenoxy) is 1. The molecule has 7 amide bonds. The average Bonchev–Trinajstić information content (AvgIpc) is 3.81. The Morgan fingerprint density at radius 3 is 1.96 bits per heavy atom. The van der Waals surface area contributed by atoms with E-state index in [0.717, 1.165) is 38.1 Å². The maximum atomic E-state index is 14.9. The van der Waals surface area contributed by atoms with Gasteiger partial charge in [-0.15, -0.1) is 0 Å². The smallest absolute Gasteiger partial charge is 0.407 e. The number of para-hydroxylation sites is 1. The van der Waals surface area contributed by atoms with Crippen molar-refractivity contribution in [2.45, 2.75) is 146 Å². The highest BCUT2D eigenvalue weighted by molar-refractivity contribution is 8.76. The third-order valence-corrected chi connectivity index (χ3v) is 15.1. The van der Waals surface area contributed by atoms with Gasteiger partial charge < -0.3 is 73.1 Å². The summed E-state index contributed by atoms with van der Waals surface area (Å²) in [7, 11) is 2.10. The molecule has 22 nitrogen and oxygen atoms in total. The van der Waals surface area contributed by atoms with Crippen LogP contribution in [0.1, 0.15) is 70.6 Å². The molecule has 1 aliphatic rings. The van der Waals surface area contributed by atoms with E-state index in [1.54, 1.807) is 57.3 Å². The normalized spacial score (nSPS) is 22.5. The van der Waals surface area contributed by atoms with E-state index in [4.69, 9.17) is 10.5 Å². The van der Waals surface area contributed by atoms with Gasteiger partial charge in [-0.2, -0.15) is 0 Å². The van der Waals surface area contributed by atoms with Crippen LogP contribution in [0.15, 0.2) is 91.1 Å². The number of hydrogen-bond acceptors (Lipinski definition) is 16. The molecule has 0 radical (unpaired) electrons. The van der Waals surface area contributed by atoms with Crippen LogP contribution in [0.2, 0.25) is 0 Å². The molecule has 1 aromatic heterocycles. The largest absolute Gasteiger partial charge is 0.444 e. The standard InChI is InChI=1S/C54H76N10O12S2/c1-31(66)42(28-65)61-51(73)44-30-78-77-29-43(62-46(68)37(55)24-33-16-8-6-9-17-33)50(72)59-40(25-34-18-10-7-11-19-34)48(70)60-41(26-35-27-57-38-21-13-12-20-36(35)38)49(71)58-39(47(69)64-45(32(2)67)52(74)63-44)22-14-15-23-56-53(75)76-54(3,4)5/h6-13,16-21,27,31-32,37,39-46,57,62,65-68H,14-15,22-26,28-30,55H2,1-5H3,(H,56,75)(H,58,71)(H,59,72)(H,60,70)(H,61,73)(H,63,74)(H,64,69)/t31-,32-,37-,39+,40+,41-,42-,43+,44+,45+,46?/m1/s1. The summed E-state index contributed by atoms with van der Waals surface area (Å²) in [4.78, 5) is 103. The Labute approximate surface area is 462 Å². The van der Waals surface area contributed by atoms with Crippen LogP contribution in [0.25, 0.3) is 10.9 Å². The van der Waals surface area contributed by atoms with E-state index < -0.39 is 121 Å². The molecular weight excluding hydrogens is 1040 g/mol. The number of aliphatic hydroxyl groups excluding tert-OH is 4. The van der Waals surface area contributed by atoms with Gasteiger partial charge in [0.2, 0.25) is 35.4 Å². The molecule has 5 rings (SSSR count). The second-order valence-corrected chi connectivity index (χ2v) is 22.8. The number of alkyl carbamates (subject to hydrolysis) is 1. The van der Waals surface area contributed by atoms with Crippen molar-refractivity contribution in [3.05, 3.63) is 108 Å². The third kappa shape index (κ3) is 20.2. The Morgan fingerprint density at radius 1 is 0.731 bits per heavy atom. The molecule has 1 unspecified atom stereocenters. The highest BCUT2D eigenvalue weighted by Gasteiger charge is 2.37. The van der Waals surface area contributed by atoms with Crippen molar-refractivity contribution in [3.63, 3.8) is 0 Å². The molecule has 0 saturated carbocycles. The molecule has 2 heterocycles. The van der Waals surface area contributed by atoms with Crippen molar-refractivity contribution in [2.24, 2.45) is 5.73 Å². The Morgan fingerprint density at radius 2 is 1.32 bits per heavy atom. The molecule has 0 spiro atoms. The van der Waals surface area contributed by atoms with Gasteiger partial charge in [-0.1, -0.05) is 100 Å². The summed E-state index contributed by atoms with van der Waals surface area (Å²) in [5.74, 6) is -5.41. The number of rotatable bonds is 19. The number of amides is 7. The van der Waals surface area contributed by atoms with E-state index in [-0.39, 0.29) is 50.2 Å². The molecule has 4 aromatic rings. The lowest BCUT2D eigenvalue weighted by atomic mass is 10.0. The van der Waals surface area contributed by atoms with E-state index in [2.05, 4.69) is 47.5 Å². The van der Waals surface area contributed by atoms with Gasteiger partial charge in [0.05, 0.1) is 30.9 Å². The molecule has 1 saturated heterocycles. The zero-order valence-corrected chi connectivity index (χ0v) is 46.2. The highest BCUT2D eigenvalue weighted by atomic mass is 33.1. The number of H-pyrrole nitrogens is 1. The minimum Gasteiger partial charge on any atom is -0.444 e. The monoisotopic (exact) mass is 1120 g/mol. The van der Waals surface area contributed by atoms with Gasteiger partial charge in [0.1, 0.15) is 42.0 Å². The Hall–Kier alpha value is -6.25. The molecule has 0 bridgehead atoms. The summed E-state index contributed by atoms with van der Waals surface area (Å²) in [5.41, 5.74) is 8.58. The van der Waals surface area contributed by atoms with Crippen molar-refractivity contribution in [3.8, 4) is 0 Å². The lowest BCUT2D eigenvalue weighted by molar-refractivity contribution is -0.136. The van der Waals surface area contributed by atoms with Crippen LogP contribution in [0.3, 0.4) is 0 Å². The number of benzene rings is 3. The fourth-order valence-corrected chi connectivity index (χ4v) is 10.7. The van der Waals surface area contributed by atoms with Crippen LogP contribution in [-0.4, -0.2) is 164 Å². The predicted octanol–water partition coefficient (Wildman–Crippen LogP) is 0.552. The number of aromatic nitrogens is 1. The Balaban J connectivity index is 1.56. The van der Waals surface area contributed by atoms with Gasteiger partial charge in [0, 0.05) is 54.0 Å². The van der Waals surface area contributed by atoms with Crippen molar-refractivity contribution < 1.29 is 58.7 Å². The number of nitrogens with two attached hydrogens (primary N) is 1. The van der Waals surface area contributed by atoms with E-state index in [9.17, 15) is 54.0 Å². The number of aromatic amines is 1. The molecule has 1 aliphatic heterocycles. The Bertz CT molecular complexity index is 2590. The van der Waals surface area contributed by atoms with Gasteiger partial charge in [-0.3, -0.25) is 34.1 Å². The average molecular weight is 1120 g/mol. The molecule has 78 heavy (non-hydrogen) atoms. The van der Waals surface area contributed by atoms with Gasteiger partial charge in [-0.25, -0.2) is 4.79 Å². The second-order valence-electron chi connectivity index (χ2n) is 20.3. The van der Waals surface area contributed by atoms with Crippen LogP contribution < -0.4 is 48.3 Å². The molecule has 0 aliphatic carbocycles. The number of carbonyl (C=O) groups is 7. The highest BCUT2D eigenvalue weighted by Crippen LogP contribution is 2.25. The number of fused-ring (bicyclic) bond motifs is 1. The number of unbranched alkanes of at least 4 members (excludes halogenated alkanes) is 1. The van der Waals surface area contributed by atoms with E-state index in [1.807, 2.05) is 54.6 Å². The summed E-state index contributed by atoms with van der Waals surface area (Å²) in [6, 6.07) is 14.7. The topological polar surface area (TPSA) is 348 Å². The number of hydrogen-bond donors (Lipinski definition) is 14. The van der Waals surface area contributed by atoms with Gasteiger partial charge in [0.15, 0.2) is 0 Å². The SMILES string of the molecule is C[C@@H](O)[C@@H]1NC(=O)[C@H](CCCCNC(=O)OC(C)(C)C)NC(=O)[C@@H](Cc2c[nH]c3ccccc23)NC(=O)[C@H](Cc2ccccc2)NC(=O)[C@@H](NC(O)[C@H](N)Cc2ccccc2)CSSC[C@@H](C(=O)N[C@H](CO)[C@@H](C)O)NC1=O. The minimum atomic E-state index is -1.71. The van der Waals surface area contributed by atoms with Crippen molar-refractivity contribution in [2.75, 3.05) is 24.7 Å². The lowest BCUT2D eigenvalue weighted by Crippen LogP contribution is -2.62. The zero-order valence-electron chi connectivity index (χ0n) is 44.5. The van der Waals surface area contributed by atoms with Crippen molar-refractivity contribution in [1.82, 2.24) is 47.5 Å². The molecule has 11 atom stereocenters. The first-order chi connectivity index (χ1) is 37.1. The fraction of sp³-hybridized carbons (Fsp3) is 0.500. The first kappa shape index (κ1) is 62.6. The lowest BCUT2D eigenvalue weighted by Gasteiger charge is -2.30. The number of aliphatic hydroxyl groups is 4. The first-order valence-electron chi connectivity index (χ1n) is 25.9. The third-order valence-electron chi connectivity index (χ3n) is 12.6. The van der Waals surface area contributed by atoms with E-state index in [0.29, 0.717) is 17.5 Å². The number of carbonyl (C=O) groups excluding carboxylic acids is 7. The summed E-state index contributed by atoms with van der Waals surface area (Å²) < 4.78 is 5.33. The van der Waals surface area contributed by atoms with Crippen molar-refractivity contribution >= 4 is 74.0 Å². The molecule has 1 fully saturated rings. The van der Waals surface area contributed by atoms with Gasteiger partial charge >= 0.3 is 6.09 Å². The molecule has 426 valence electrons.